The minimum absolute atomic E-state index is 0.249. The molecule has 0 aliphatic carbocycles. The van der Waals surface area contributed by atoms with Crippen LogP contribution in [0, 0.1) is 0 Å². The van der Waals surface area contributed by atoms with Crippen molar-refractivity contribution in [3.05, 3.63) is 17.8 Å². The molecule has 1 heterocycles. The van der Waals surface area contributed by atoms with Crippen molar-refractivity contribution in [3.63, 3.8) is 0 Å². The monoisotopic (exact) mass is 239 g/mol. The van der Waals surface area contributed by atoms with Gasteiger partial charge in [0.25, 0.3) is 5.92 Å². The first kappa shape index (κ1) is 9.64. The van der Waals surface area contributed by atoms with Crippen molar-refractivity contribution in [3.8, 4) is 0 Å². The number of oxazole rings is 1. The van der Waals surface area contributed by atoms with E-state index in [-0.39, 0.29) is 5.76 Å². The maximum Gasteiger partial charge on any atom is 0.252 e. The lowest BCUT2D eigenvalue weighted by Gasteiger charge is -2.07. The highest BCUT2D eigenvalue weighted by molar-refractivity contribution is 9.08. The average molecular weight is 240 g/mol. The third kappa shape index (κ3) is 2.55. The second-order valence-corrected chi connectivity index (χ2v) is 3.16. The standard InChI is InChI=1S/C7H8BrF2NO/c1-7(9,10)2-6-5(3-8)11-4-12-6/h4H,2-3H2,1H3. The first-order chi connectivity index (χ1) is 5.53. The highest BCUT2D eigenvalue weighted by atomic mass is 79.9. The van der Waals surface area contributed by atoms with Gasteiger partial charge in [0.2, 0.25) is 0 Å². The molecule has 0 atom stereocenters. The number of halogens is 3. The molecule has 1 aromatic heterocycles. The Kier molecular flexibility index (Phi) is 2.82. The first-order valence-corrected chi connectivity index (χ1v) is 4.50. The van der Waals surface area contributed by atoms with E-state index in [1.165, 1.54) is 6.39 Å². The third-order valence-electron chi connectivity index (χ3n) is 1.32. The third-order valence-corrected chi connectivity index (χ3v) is 1.85. The van der Waals surface area contributed by atoms with E-state index in [1.807, 2.05) is 0 Å². The minimum Gasteiger partial charge on any atom is -0.448 e. The second-order valence-electron chi connectivity index (χ2n) is 2.60. The summed E-state index contributed by atoms with van der Waals surface area (Å²) in [6, 6.07) is 0. The van der Waals surface area contributed by atoms with Gasteiger partial charge in [0.15, 0.2) is 6.39 Å². The van der Waals surface area contributed by atoms with Crippen molar-refractivity contribution in [1.29, 1.82) is 0 Å². The largest absolute Gasteiger partial charge is 0.448 e. The predicted octanol–water partition coefficient (Wildman–Crippen LogP) is 2.77. The quantitative estimate of drug-likeness (QED) is 0.759. The van der Waals surface area contributed by atoms with E-state index in [9.17, 15) is 8.78 Å². The van der Waals surface area contributed by atoms with Crippen LogP contribution in [0.1, 0.15) is 18.4 Å². The number of hydrogen-bond acceptors (Lipinski definition) is 2. The van der Waals surface area contributed by atoms with Gasteiger partial charge in [-0.3, -0.25) is 0 Å². The molecule has 0 N–H and O–H groups in total. The molecular formula is C7H8BrF2NO. The fraction of sp³-hybridized carbons (Fsp3) is 0.571. The van der Waals surface area contributed by atoms with E-state index in [4.69, 9.17) is 4.42 Å². The Bertz CT molecular complexity index is 256. The number of nitrogens with zero attached hydrogens (tertiary/aromatic N) is 1. The van der Waals surface area contributed by atoms with Gasteiger partial charge in [0.05, 0.1) is 12.1 Å². The van der Waals surface area contributed by atoms with Gasteiger partial charge in [-0.05, 0) is 6.92 Å². The molecule has 68 valence electrons. The molecule has 0 amide bonds. The molecule has 2 nitrogen and oxygen atoms in total. The summed E-state index contributed by atoms with van der Waals surface area (Å²) in [5.41, 5.74) is 0.538. The average Bonchev–Trinajstić information content (AvgIpc) is 2.31. The zero-order chi connectivity index (χ0) is 9.19. The molecule has 0 spiro atoms. The molecule has 0 saturated carbocycles. The summed E-state index contributed by atoms with van der Waals surface area (Å²) in [5.74, 6) is -2.49. The van der Waals surface area contributed by atoms with E-state index in [2.05, 4.69) is 20.9 Å². The van der Waals surface area contributed by atoms with E-state index >= 15 is 0 Å². The summed E-state index contributed by atoms with van der Waals surface area (Å²) >= 11 is 3.13. The fourth-order valence-electron chi connectivity index (χ4n) is 0.828. The van der Waals surface area contributed by atoms with Gasteiger partial charge in [-0.25, -0.2) is 13.8 Å². The molecule has 0 aliphatic rings. The lowest BCUT2D eigenvalue weighted by molar-refractivity contribution is 0.0174. The topological polar surface area (TPSA) is 26.0 Å². The van der Waals surface area contributed by atoms with Crippen LogP contribution >= 0.6 is 15.9 Å². The van der Waals surface area contributed by atoms with Crippen LogP contribution in [0.25, 0.3) is 0 Å². The molecule has 1 rings (SSSR count). The van der Waals surface area contributed by atoms with E-state index < -0.39 is 12.3 Å². The van der Waals surface area contributed by atoms with E-state index in [1.54, 1.807) is 0 Å². The maximum absolute atomic E-state index is 12.5. The Labute approximate surface area is 77.1 Å². The van der Waals surface area contributed by atoms with Crippen molar-refractivity contribution in [2.75, 3.05) is 0 Å². The summed E-state index contributed by atoms with van der Waals surface area (Å²) in [5, 5.41) is 0.439. The van der Waals surface area contributed by atoms with Crippen LogP contribution in [0.4, 0.5) is 8.78 Å². The fourth-order valence-corrected chi connectivity index (χ4v) is 1.29. The molecule has 0 aliphatic heterocycles. The van der Waals surface area contributed by atoms with Crippen molar-refractivity contribution in [2.24, 2.45) is 0 Å². The summed E-state index contributed by atoms with van der Waals surface area (Å²) < 4.78 is 29.8. The number of rotatable bonds is 3. The van der Waals surface area contributed by atoms with Crippen LogP contribution < -0.4 is 0 Å². The van der Waals surface area contributed by atoms with Crippen molar-refractivity contribution >= 4 is 15.9 Å². The first-order valence-electron chi connectivity index (χ1n) is 3.38. The number of aromatic nitrogens is 1. The molecule has 0 unspecified atom stereocenters. The second kappa shape index (κ2) is 3.51. The van der Waals surface area contributed by atoms with Crippen LogP contribution in [0.15, 0.2) is 10.8 Å². The molecular weight excluding hydrogens is 232 g/mol. The van der Waals surface area contributed by atoms with Crippen molar-refractivity contribution < 1.29 is 13.2 Å². The SMILES string of the molecule is CC(F)(F)Cc1ocnc1CBr. The highest BCUT2D eigenvalue weighted by Gasteiger charge is 2.25. The predicted molar refractivity (Wildman–Crippen MR) is 43.5 cm³/mol. The van der Waals surface area contributed by atoms with Crippen molar-refractivity contribution in [2.45, 2.75) is 24.6 Å². The molecule has 0 saturated heterocycles. The zero-order valence-corrected chi connectivity index (χ0v) is 8.07. The molecule has 1 aromatic rings. The Morgan fingerprint density at radius 2 is 2.33 bits per heavy atom. The summed E-state index contributed by atoms with van der Waals surface area (Å²) in [7, 11) is 0. The van der Waals surface area contributed by atoms with Gasteiger partial charge in [-0.15, -0.1) is 0 Å². The van der Waals surface area contributed by atoms with Gasteiger partial charge in [0.1, 0.15) is 5.76 Å². The molecule has 0 aromatic carbocycles. The van der Waals surface area contributed by atoms with Gasteiger partial charge < -0.3 is 4.42 Å². The normalized spacial score (nSPS) is 12.0. The summed E-state index contributed by atoms with van der Waals surface area (Å²) in [6.07, 6.45) is 0.783. The molecule has 12 heavy (non-hydrogen) atoms. The Balaban J connectivity index is 2.75. The molecule has 0 fully saturated rings. The van der Waals surface area contributed by atoms with Crippen LogP contribution in [-0.2, 0) is 11.8 Å². The maximum atomic E-state index is 12.5. The van der Waals surface area contributed by atoms with Gasteiger partial charge in [-0.2, -0.15) is 0 Å². The Morgan fingerprint density at radius 3 is 2.83 bits per heavy atom. The lowest BCUT2D eigenvalue weighted by Crippen LogP contribution is -2.13. The number of hydrogen-bond donors (Lipinski definition) is 0. The van der Waals surface area contributed by atoms with Crippen molar-refractivity contribution in [1.82, 2.24) is 4.98 Å². The Morgan fingerprint density at radius 1 is 1.67 bits per heavy atom. The molecule has 0 radical (unpaired) electrons. The summed E-state index contributed by atoms with van der Waals surface area (Å²) in [4.78, 5) is 3.77. The molecule has 5 heteroatoms. The van der Waals surface area contributed by atoms with E-state index in [0.29, 0.717) is 11.0 Å². The smallest absolute Gasteiger partial charge is 0.252 e. The van der Waals surface area contributed by atoms with Crippen LogP contribution in [0.5, 0.6) is 0 Å². The van der Waals surface area contributed by atoms with Gasteiger partial charge in [-0.1, -0.05) is 15.9 Å². The number of alkyl halides is 3. The van der Waals surface area contributed by atoms with Gasteiger partial charge in [0, 0.05) is 5.33 Å². The summed E-state index contributed by atoms with van der Waals surface area (Å²) in [6.45, 7) is 0.855. The van der Waals surface area contributed by atoms with Crippen LogP contribution in [0.2, 0.25) is 0 Å². The molecule has 0 bridgehead atoms. The minimum atomic E-state index is -2.74. The Hall–Kier alpha value is -0.450. The van der Waals surface area contributed by atoms with Crippen LogP contribution in [-0.4, -0.2) is 10.9 Å². The van der Waals surface area contributed by atoms with Crippen LogP contribution in [0.3, 0.4) is 0 Å². The zero-order valence-electron chi connectivity index (χ0n) is 6.48. The highest BCUT2D eigenvalue weighted by Crippen LogP contribution is 2.21. The van der Waals surface area contributed by atoms with E-state index in [0.717, 1.165) is 6.92 Å². The lowest BCUT2D eigenvalue weighted by atomic mass is 10.2. The van der Waals surface area contributed by atoms with Gasteiger partial charge >= 0.3 is 0 Å².